The smallest absolute Gasteiger partial charge is 0.0849 e. The van der Waals surface area contributed by atoms with E-state index in [4.69, 9.17) is 11.6 Å². The van der Waals surface area contributed by atoms with E-state index in [0.29, 0.717) is 18.5 Å². The molecule has 2 rings (SSSR count). The van der Waals surface area contributed by atoms with Crippen molar-refractivity contribution in [2.45, 2.75) is 45.2 Å². The molecule has 0 atom stereocenters. The van der Waals surface area contributed by atoms with Crippen molar-refractivity contribution < 1.29 is 0 Å². The highest BCUT2D eigenvalue weighted by Crippen LogP contribution is 2.14. The van der Waals surface area contributed by atoms with Crippen LogP contribution < -0.4 is 0 Å². The predicted molar refractivity (Wildman–Crippen MR) is 72.7 cm³/mol. The molecule has 5 heteroatoms. The Bertz CT molecular complexity index is 485. The summed E-state index contributed by atoms with van der Waals surface area (Å²) in [6, 6.07) is 2.55. The number of hydrogen-bond acceptors (Lipinski definition) is 2. The van der Waals surface area contributed by atoms with Gasteiger partial charge in [0.2, 0.25) is 0 Å². The van der Waals surface area contributed by atoms with Gasteiger partial charge in [-0.3, -0.25) is 9.36 Å². The van der Waals surface area contributed by atoms with Gasteiger partial charge in [0.05, 0.1) is 30.4 Å². The van der Waals surface area contributed by atoms with E-state index in [1.165, 1.54) is 0 Å². The van der Waals surface area contributed by atoms with Crippen LogP contribution in [0.4, 0.5) is 0 Å². The van der Waals surface area contributed by atoms with Crippen LogP contribution in [0.5, 0.6) is 0 Å². The van der Waals surface area contributed by atoms with Crippen molar-refractivity contribution in [3.8, 4) is 0 Å². The van der Waals surface area contributed by atoms with Crippen LogP contribution in [0.2, 0.25) is 0 Å². The van der Waals surface area contributed by atoms with Crippen LogP contribution in [0, 0.1) is 0 Å². The standard InChI is InChI=1S/C13H19ClN4/c1-3-13(4-2)18-6-5-12(16-18)10-17-9-11(7-14)8-15-17/h5-6,8-9,13H,3-4,7,10H2,1-2H3. The van der Waals surface area contributed by atoms with Gasteiger partial charge in [0.25, 0.3) is 0 Å². The fourth-order valence-electron chi connectivity index (χ4n) is 2.06. The molecule has 0 fully saturated rings. The molecule has 0 radical (unpaired) electrons. The average molecular weight is 267 g/mol. The lowest BCUT2D eigenvalue weighted by atomic mass is 10.2. The van der Waals surface area contributed by atoms with E-state index < -0.39 is 0 Å². The van der Waals surface area contributed by atoms with Gasteiger partial charge in [0.1, 0.15) is 0 Å². The number of rotatable bonds is 6. The molecule has 0 bridgehead atoms. The summed E-state index contributed by atoms with van der Waals surface area (Å²) in [5, 5.41) is 8.87. The topological polar surface area (TPSA) is 35.6 Å². The highest BCUT2D eigenvalue weighted by molar-refractivity contribution is 6.17. The number of hydrogen-bond donors (Lipinski definition) is 0. The van der Waals surface area contributed by atoms with Gasteiger partial charge >= 0.3 is 0 Å². The molecule has 2 heterocycles. The van der Waals surface area contributed by atoms with Crippen LogP contribution >= 0.6 is 11.6 Å². The third-order valence-corrected chi connectivity index (χ3v) is 3.45. The van der Waals surface area contributed by atoms with Gasteiger partial charge in [0.15, 0.2) is 0 Å². The monoisotopic (exact) mass is 266 g/mol. The molecule has 0 N–H and O–H groups in total. The van der Waals surface area contributed by atoms with E-state index in [2.05, 4.69) is 41.0 Å². The van der Waals surface area contributed by atoms with E-state index in [-0.39, 0.29) is 0 Å². The third-order valence-electron chi connectivity index (χ3n) is 3.15. The van der Waals surface area contributed by atoms with E-state index in [0.717, 1.165) is 24.1 Å². The lowest BCUT2D eigenvalue weighted by Gasteiger charge is -2.12. The molecule has 2 aromatic rings. The number of nitrogens with zero attached hydrogens (tertiary/aromatic N) is 4. The maximum absolute atomic E-state index is 5.75. The van der Waals surface area contributed by atoms with Gasteiger partial charge in [-0.1, -0.05) is 13.8 Å². The van der Waals surface area contributed by atoms with Crippen LogP contribution in [-0.2, 0) is 12.4 Å². The average Bonchev–Trinajstić information content (AvgIpc) is 3.01. The summed E-state index contributed by atoms with van der Waals surface area (Å²) in [5.74, 6) is 0.502. The van der Waals surface area contributed by atoms with Crippen molar-refractivity contribution in [2.24, 2.45) is 0 Å². The van der Waals surface area contributed by atoms with Crippen LogP contribution in [0.25, 0.3) is 0 Å². The van der Waals surface area contributed by atoms with Crippen molar-refractivity contribution in [3.05, 3.63) is 35.9 Å². The second-order valence-corrected chi connectivity index (χ2v) is 4.70. The quantitative estimate of drug-likeness (QED) is 0.753. The number of aromatic nitrogens is 4. The largest absolute Gasteiger partial charge is 0.269 e. The van der Waals surface area contributed by atoms with Gasteiger partial charge in [-0.25, -0.2) is 0 Å². The Kier molecular flexibility index (Phi) is 4.42. The molecule has 0 saturated carbocycles. The van der Waals surface area contributed by atoms with Gasteiger partial charge in [-0.2, -0.15) is 10.2 Å². The molecule has 0 amide bonds. The lowest BCUT2D eigenvalue weighted by Crippen LogP contribution is -2.09. The fraction of sp³-hybridized carbons (Fsp3) is 0.538. The van der Waals surface area contributed by atoms with Crippen molar-refractivity contribution in [1.29, 1.82) is 0 Å². The first kappa shape index (κ1) is 13.1. The highest BCUT2D eigenvalue weighted by Gasteiger charge is 2.08. The summed E-state index contributed by atoms with van der Waals surface area (Å²) < 4.78 is 3.93. The summed E-state index contributed by atoms with van der Waals surface area (Å²) in [6.45, 7) is 5.08. The Hall–Kier alpha value is -1.29. The Labute approximate surface area is 113 Å². The first-order valence-corrected chi connectivity index (χ1v) is 6.91. The Morgan fingerprint density at radius 1 is 1.33 bits per heavy atom. The molecular formula is C13H19ClN4. The van der Waals surface area contributed by atoms with Crippen molar-refractivity contribution >= 4 is 11.6 Å². The minimum Gasteiger partial charge on any atom is -0.269 e. The number of alkyl halides is 1. The molecule has 0 aliphatic carbocycles. The Morgan fingerprint density at radius 2 is 2.11 bits per heavy atom. The van der Waals surface area contributed by atoms with Crippen LogP contribution in [0.3, 0.4) is 0 Å². The molecule has 4 nitrogen and oxygen atoms in total. The van der Waals surface area contributed by atoms with Crippen LogP contribution in [0.1, 0.15) is 44.0 Å². The van der Waals surface area contributed by atoms with Crippen molar-refractivity contribution in [2.75, 3.05) is 0 Å². The lowest BCUT2D eigenvalue weighted by molar-refractivity contribution is 0.424. The van der Waals surface area contributed by atoms with Crippen molar-refractivity contribution in [3.63, 3.8) is 0 Å². The first-order valence-electron chi connectivity index (χ1n) is 6.38. The first-order chi connectivity index (χ1) is 8.76. The molecule has 2 aromatic heterocycles. The van der Waals surface area contributed by atoms with Crippen LogP contribution in [-0.4, -0.2) is 19.6 Å². The zero-order valence-electron chi connectivity index (χ0n) is 10.9. The molecule has 0 aliphatic rings. The SMILES string of the molecule is CCC(CC)n1ccc(Cn2cc(CCl)cn2)n1. The third kappa shape index (κ3) is 2.93. The summed E-state index contributed by atoms with van der Waals surface area (Å²) in [4.78, 5) is 0. The minimum atomic E-state index is 0.495. The predicted octanol–water partition coefficient (Wildman–Crippen LogP) is 3.23. The molecule has 0 spiro atoms. The summed E-state index contributed by atoms with van der Waals surface area (Å²) in [7, 11) is 0. The molecule has 0 saturated heterocycles. The second kappa shape index (κ2) is 6.05. The van der Waals surface area contributed by atoms with Crippen LogP contribution in [0.15, 0.2) is 24.7 Å². The van der Waals surface area contributed by atoms with E-state index in [1.54, 1.807) is 6.20 Å². The van der Waals surface area contributed by atoms with Crippen molar-refractivity contribution in [1.82, 2.24) is 19.6 Å². The molecular weight excluding hydrogens is 248 g/mol. The normalized spacial score (nSPS) is 11.3. The molecule has 98 valence electrons. The maximum Gasteiger partial charge on any atom is 0.0849 e. The summed E-state index contributed by atoms with van der Waals surface area (Å²) in [5.41, 5.74) is 2.07. The summed E-state index contributed by atoms with van der Waals surface area (Å²) in [6.07, 6.45) is 8.03. The van der Waals surface area contributed by atoms with E-state index in [9.17, 15) is 0 Å². The van der Waals surface area contributed by atoms with E-state index in [1.807, 2.05) is 10.9 Å². The molecule has 18 heavy (non-hydrogen) atoms. The van der Waals surface area contributed by atoms with Gasteiger partial charge in [-0.05, 0) is 18.9 Å². The zero-order valence-corrected chi connectivity index (χ0v) is 11.6. The van der Waals surface area contributed by atoms with Gasteiger partial charge < -0.3 is 0 Å². The number of halogens is 1. The second-order valence-electron chi connectivity index (χ2n) is 4.44. The summed E-state index contributed by atoms with van der Waals surface area (Å²) >= 11 is 5.75. The Morgan fingerprint density at radius 3 is 2.72 bits per heavy atom. The van der Waals surface area contributed by atoms with E-state index >= 15 is 0 Å². The molecule has 0 unspecified atom stereocenters. The minimum absolute atomic E-state index is 0.495. The highest BCUT2D eigenvalue weighted by atomic mass is 35.5. The van der Waals surface area contributed by atoms with Gasteiger partial charge in [-0.15, -0.1) is 11.6 Å². The molecule has 0 aromatic carbocycles. The molecule has 0 aliphatic heterocycles. The van der Waals surface area contributed by atoms with Gasteiger partial charge in [0, 0.05) is 18.0 Å². The zero-order chi connectivity index (χ0) is 13.0. The maximum atomic E-state index is 5.75. The fourth-order valence-corrected chi connectivity index (χ4v) is 2.19. The Balaban J connectivity index is 2.06.